The summed E-state index contributed by atoms with van der Waals surface area (Å²) in [5, 5.41) is 10.5. The molecule has 0 radical (unpaired) electrons. The maximum Gasteiger partial charge on any atom is 0.242 e. The number of aromatic hydroxyl groups is 1. The fraction of sp³-hybridized carbons (Fsp3) is 0.267. The Labute approximate surface area is 127 Å². The number of rotatable bonds is 3. The Kier molecular flexibility index (Phi) is 3.51. The summed E-state index contributed by atoms with van der Waals surface area (Å²) >= 11 is 6.01. The Morgan fingerprint density at radius 1 is 1.29 bits per heavy atom. The lowest BCUT2D eigenvalue weighted by molar-refractivity contribution is 0.448. The van der Waals surface area contributed by atoms with Crippen molar-refractivity contribution in [1.82, 2.24) is 19.5 Å². The predicted molar refractivity (Wildman–Crippen MR) is 80.7 cm³/mol. The maximum absolute atomic E-state index is 9.85. The lowest BCUT2D eigenvalue weighted by atomic mass is 10.2. The van der Waals surface area contributed by atoms with E-state index in [4.69, 9.17) is 11.6 Å². The van der Waals surface area contributed by atoms with Gasteiger partial charge in [-0.2, -0.15) is 0 Å². The first-order valence-corrected chi connectivity index (χ1v) is 7.08. The highest BCUT2D eigenvalue weighted by molar-refractivity contribution is 6.30. The zero-order valence-electron chi connectivity index (χ0n) is 11.8. The van der Waals surface area contributed by atoms with Crippen LogP contribution >= 0.6 is 11.6 Å². The second kappa shape index (κ2) is 5.33. The van der Waals surface area contributed by atoms with Crippen molar-refractivity contribution in [1.29, 1.82) is 0 Å². The third-order valence-corrected chi connectivity index (χ3v) is 3.46. The van der Waals surface area contributed by atoms with E-state index in [0.29, 0.717) is 28.9 Å². The fourth-order valence-corrected chi connectivity index (χ4v) is 2.36. The van der Waals surface area contributed by atoms with Gasteiger partial charge >= 0.3 is 0 Å². The Balaban J connectivity index is 2.05. The van der Waals surface area contributed by atoms with Crippen molar-refractivity contribution in [2.45, 2.75) is 26.3 Å². The topological polar surface area (TPSA) is 63.8 Å². The van der Waals surface area contributed by atoms with Crippen LogP contribution in [0.25, 0.3) is 11.5 Å². The average Bonchev–Trinajstić information content (AvgIpc) is 2.88. The first-order valence-electron chi connectivity index (χ1n) is 6.71. The van der Waals surface area contributed by atoms with E-state index in [1.807, 2.05) is 42.7 Å². The standard InChI is InChI=1S/C15H15ClN4O/c1-9(2)13-18-12-14(19-13)20(8-17-15(12)21)7-10-4-3-5-11(16)6-10/h3-6,8-9,21H,7H2,1-2H3. The molecule has 0 unspecified atom stereocenters. The van der Waals surface area contributed by atoms with Crippen LogP contribution in [0.2, 0.25) is 5.02 Å². The zero-order chi connectivity index (χ0) is 15.0. The fourth-order valence-electron chi connectivity index (χ4n) is 2.15. The third-order valence-electron chi connectivity index (χ3n) is 3.22. The van der Waals surface area contributed by atoms with Crippen LogP contribution in [-0.4, -0.2) is 24.6 Å². The lowest BCUT2D eigenvalue weighted by Gasteiger charge is -2.10. The molecule has 21 heavy (non-hydrogen) atoms. The minimum Gasteiger partial charge on any atom is -0.492 e. The number of halogens is 1. The van der Waals surface area contributed by atoms with Crippen molar-refractivity contribution in [2.24, 2.45) is 0 Å². The van der Waals surface area contributed by atoms with Gasteiger partial charge in [0.1, 0.15) is 12.2 Å². The lowest BCUT2D eigenvalue weighted by Crippen LogP contribution is -2.06. The van der Waals surface area contributed by atoms with Gasteiger partial charge in [0.2, 0.25) is 5.88 Å². The van der Waals surface area contributed by atoms with Gasteiger partial charge in [0, 0.05) is 10.9 Å². The summed E-state index contributed by atoms with van der Waals surface area (Å²) in [6.45, 7) is 4.60. The largest absolute Gasteiger partial charge is 0.492 e. The predicted octanol–water partition coefficient (Wildman–Crippen LogP) is 3.31. The van der Waals surface area contributed by atoms with E-state index in [1.54, 1.807) is 6.33 Å². The van der Waals surface area contributed by atoms with Gasteiger partial charge in [-0.3, -0.25) is 0 Å². The highest BCUT2D eigenvalue weighted by Crippen LogP contribution is 2.29. The maximum atomic E-state index is 9.85. The number of nitrogens with zero attached hydrogens (tertiary/aromatic N) is 4. The van der Waals surface area contributed by atoms with E-state index in [0.717, 1.165) is 5.56 Å². The molecule has 0 bridgehead atoms. The highest BCUT2D eigenvalue weighted by Gasteiger charge is 2.21. The van der Waals surface area contributed by atoms with E-state index >= 15 is 0 Å². The van der Waals surface area contributed by atoms with Crippen molar-refractivity contribution >= 4 is 11.6 Å². The molecule has 5 nitrogen and oxygen atoms in total. The number of fused-ring (bicyclic) bond motifs is 1. The molecule has 0 fully saturated rings. The minimum atomic E-state index is -0.0910. The average molecular weight is 303 g/mol. The van der Waals surface area contributed by atoms with Gasteiger partial charge in [-0.1, -0.05) is 37.6 Å². The number of hydrogen-bond acceptors (Lipinski definition) is 4. The summed E-state index contributed by atoms with van der Waals surface area (Å²) in [4.78, 5) is 12.9. The SMILES string of the molecule is CC(C)c1nc2c(O)ncn(Cc3cccc(Cl)c3)c-2n1. The van der Waals surface area contributed by atoms with Crippen molar-refractivity contribution < 1.29 is 5.11 Å². The number of imidazole rings is 1. The molecule has 2 heterocycles. The Hall–Kier alpha value is -2.14. The van der Waals surface area contributed by atoms with Gasteiger partial charge in [-0.15, -0.1) is 0 Å². The van der Waals surface area contributed by atoms with Gasteiger partial charge in [-0.25, -0.2) is 15.0 Å². The van der Waals surface area contributed by atoms with Gasteiger partial charge in [0.25, 0.3) is 0 Å². The van der Waals surface area contributed by atoms with E-state index in [-0.39, 0.29) is 11.8 Å². The second-order valence-corrected chi connectivity index (χ2v) is 5.67. The Morgan fingerprint density at radius 3 is 2.81 bits per heavy atom. The van der Waals surface area contributed by atoms with Crippen molar-refractivity contribution in [2.75, 3.05) is 0 Å². The van der Waals surface area contributed by atoms with E-state index < -0.39 is 0 Å². The summed E-state index contributed by atoms with van der Waals surface area (Å²) in [6, 6.07) is 7.61. The van der Waals surface area contributed by atoms with Crippen LogP contribution in [0.15, 0.2) is 30.6 Å². The van der Waals surface area contributed by atoms with Gasteiger partial charge < -0.3 is 9.67 Å². The molecular weight excluding hydrogens is 288 g/mol. The quantitative estimate of drug-likeness (QED) is 0.806. The van der Waals surface area contributed by atoms with Gasteiger partial charge in [0.15, 0.2) is 11.5 Å². The first kappa shape index (κ1) is 13.8. The zero-order valence-corrected chi connectivity index (χ0v) is 12.5. The molecule has 0 saturated carbocycles. The molecule has 2 aliphatic rings. The van der Waals surface area contributed by atoms with Crippen molar-refractivity contribution in [3.8, 4) is 17.4 Å². The molecule has 0 atom stereocenters. The van der Waals surface area contributed by atoms with Crippen LogP contribution in [0.5, 0.6) is 5.88 Å². The van der Waals surface area contributed by atoms with Crippen LogP contribution < -0.4 is 0 Å². The normalized spacial score (nSPS) is 11.4. The van der Waals surface area contributed by atoms with E-state index in [9.17, 15) is 5.11 Å². The molecule has 1 aromatic carbocycles. The third kappa shape index (κ3) is 2.69. The Bertz CT molecular complexity index is 753. The molecule has 2 aliphatic heterocycles. The monoisotopic (exact) mass is 302 g/mol. The summed E-state index contributed by atoms with van der Waals surface area (Å²) in [5.41, 5.74) is 1.47. The van der Waals surface area contributed by atoms with Crippen LogP contribution in [0.1, 0.15) is 31.2 Å². The number of benzene rings is 1. The molecule has 1 N–H and O–H groups in total. The highest BCUT2D eigenvalue weighted by atomic mass is 35.5. The Morgan fingerprint density at radius 2 is 2.10 bits per heavy atom. The molecule has 0 spiro atoms. The van der Waals surface area contributed by atoms with Crippen molar-refractivity contribution in [3.05, 3.63) is 47.0 Å². The van der Waals surface area contributed by atoms with E-state index in [2.05, 4.69) is 15.0 Å². The molecule has 108 valence electrons. The number of aromatic nitrogens is 4. The van der Waals surface area contributed by atoms with E-state index in [1.165, 1.54) is 0 Å². The second-order valence-electron chi connectivity index (χ2n) is 5.23. The number of hydrogen-bond donors (Lipinski definition) is 1. The smallest absolute Gasteiger partial charge is 0.242 e. The first-order chi connectivity index (χ1) is 10.0. The van der Waals surface area contributed by atoms with Gasteiger partial charge in [-0.05, 0) is 17.7 Å². The molecule has 0 aliphatic carbocycles. The summed E-state index contributed by atoms with van der Waals surface area (Å²) < 4.78 is 1.86. The molecule has 1 aromatic rings. The van der Waals surface area contributed by atoms with Gasteiger partial charge in [0.05, 0.1) is 6.54 Å². The molecule has 0 aromatic heterocycles. The van der Waals surface area contributed by atoms with Crippen LogP contribution in [0, 0.1) is 0 Å². The molecule has 0 saturated heterocycles. The minimum absolute atomic E-state index is 0.0910. The van der Waals surface area contributed by atoms with Crippen molar-refractivity contribution in [3.63, 3.8) is 0 Å². The molecule has 3 rings (SSSR count). The van der Waals surface area contributed by atoms with Crippen LogP contribution in [0.3, 0.4) is 0 Å². The summed E-state index contributed by atoms with van der Waals surface area (Å²) in [5.74, 6) is 1.43. The molecule has 0 amide bonds. The summed E-state index contributed by atoms with van der Waals surface area (Å²) in [7, 11) is 0. The van der Waals surface area contributed by atoms with Crippen LogP contribution in [-0.2, 0) is 6.54 Å². The molecule has 6 heteroatoms. The summed E-state index contributed by atoms with van der Waals surface area (Å²) in [6.07, 6.45) is 1.57. The van der Waals surface area contributed by atoms with Crippen LogP contribution in [0.4, 0.5) is 0 Å². The molecular formula is C15H15ClN4O.